The number of benzene rings is 2. The molecule has 8 heteroatoms. The second kappa shape index (κ2) is 10.7. The molecule has 0 aliphatic rings. The highest BCUT2D eigenvalue weighted by Crippen LogP contribution is 2.29. The summed E-state index contributed by atoms with van der Waals surface area (Å²) in [5, 5.41) is 5.20. The molecule has 0 fully saturated rings. The van der Waals surface area contributed by atoms with Crippen molar-refractivity contribution in [3.8, 4) is 0 Å². The van der Waals surface area contributed by atoms with Gasteiger partial charge in [-0.05, 0) is 42.3 Å². The van der Waals surface area contributed by atoms with Crippen molar-refractivity contribution >= 4 is 11.7 Å². The molecule has 0 heterocycles. The number of hydrogen-bond donors (Lipinski definition) is 2. The molecule has 2 N–H and O–H groups in total. The molecule has 0 radical (unpaired) electrons. The lowest BCUT2D eigenvalue weighted by atomic mass is 10.1. The van der Waals surface area contributed by atoms with Crippen molar-refractivity contribution < 1.29 is 27.4 Å². The van der Waals surface area contributed by atoms with E-state index in [-0.39, 0.29) is 6.54 Å². The summed E-state index contributed by atoms with van der Waals surface area (Å²) in [5.74, 6) is 0. The van der Waals surface area contributed by atoms with Crippen LogP contribution in [-0.2, 0) is 28.8 Å². The lowest BCUT2D eigenvalue weighted by Crippen LogP contribution is -2.28. The van der Waals surface area contributed by atoms with E-state index in [9.17, 15) is 18.0 Å². The summed E-state index contributed by atoms with van der Waals surface area (Å²) in [6.07, 6.45) is -4.41. The number of carbonyl (C=O) groups is 1. The lowest BCUT2D eigenvalue weighted by Gasteiger charge is -2.11. The summed E-state index contributed by atoms with van der Waals surface area (Å²) >= 11 is 0. The summed E-state index contributed by atoms with van der Waals surface area (Å²) in [5.41, 5.74) is 1.06. The van der Waals surface area contributed by atoms with Gasteiger partial charge in [0.05, 0.1) is 25.4 Å². The van der Waals surface area contributed by atoms with Crippen molar-refractivity contribution in [1.29, 1.82) is 0 Å². The van der Waals surface area contributed by atoms with E-state index in [4.69, 9.17) is 9.47 Å². The molecule has 2 amide bonds. The third kappa shape index (κ3) is 7.58. The van der Waals surface area contributed by atoms with Crippen LogP contribution >= 0.6 is 0 Å². The highest BCUT2D eigenvalue weighted by atomic mass is 19.4. The van der Waals surface area contributed by atoms with E-state index >= 15 is 0 Å². The first-order valence-electron chi connectivity index (χ1n) is 8.84. The van der Waals surface area contributed by atoms with Crippen LogP contribution in [0.25, 0.3) is 0 Å². The number of amides is 2. The molecule has 0 aliphatic carbocycles. The van der Waals surface area contributed by atoms with Crippen LogP contribution in [-0.4, -0.2) is 25.9 Å². The quantitative estimate of drug-likeness (QED) is 0.610. The number of urea groups is 1. The SMILES string of the molecule is CCOCCOCc1cccc(NC(=O)NCc2cccc(C(F)(F)F)c2)c1. The third-order valence-electron chi connectivity index (χ3n) is 3.74. The zero-order chi connectivity index (χ0) is 20.4. The van der Waals surface area contributed by atoms with Gasteiger partial charge in [-0.2, -0.15) is 13.2 Å². The van der Waals surface area contributed by atoms with Gasteiger partial charge < -0.3 is 20.1 Å². The molecule has 5 nitrogen and oxygen atoms in total. The smallest absolute Gasteiger partial charge is 0.379 e. The van der Waals surface area contributed by atoms with E-state index in [0.717, 1.165) is 17.7 Å². The monoisotopic (exact) mass is 396 g/mol. The van der Waals surface area contributed by atoms with Gasteiger partial charge in [0.25, 0.3) is 0 Å². The molecular weight excluding hydrogens is 373 g/mol. The predicted octanol–water partition coefficient (Wildman–Crippen LogP) is 4.58. The minimum atomic E-state index is -4.41. The van der Waals surface area contributed by atoms with Crippen LogP contribution in [0.15, 0.2) is 48.5 Å². The van der Waals surface area contributed by atoms with E-state index in [1.807, 2.05) is 13.0 Å². The fraction of sp³-hybridized carbons (Fsp3) is 0.350. The molecule has 0 spiro atoms. The molecule has 2 aromatic rings. The van der Waals surface area contributed by atoms with Crippen LogP contribution in [0.1, 0.15) is 23.6 Å². The summed E-state index contributed by atoms with van der Waals surface area (Å²) in [6.45, 7) is 3.91. The summed E-state index contributed by atoms with van der Waals surface area (Å²) in [6, 6.07) is 11.5. The molecule has 2 aromatic carbocycles. The van der Waals surface area contributed by atoms with E-state index < -0.39 is 17.8 Å². The van der Waals surface area contributed by atoms with Gasteiger partial charge in [0.15, 0.2) is 0 Å². The van der Waals surface area contributed by atoms with Crippen molar-refractivity contribution in [2.24, 2.45) is 0 Å². The second-order valence-corrected chi connectivity index (χ2v) is 5.96. The standard InChI is InChI=1S/C20H23F3N2O3/c1-2-27-9-10-28-14-16-6-4-8-18(12-16)25-19(26)24-13-15-5-3-7-17(11-15)20(21,22)23/h3-8,11-12H,2,9-10,13-14H2,1H3,(H2,24,25,26). The van der Waals surface area contributed by atoms with Gasteiger partial charge in [-0.25, -0.2) is 4.79 Å². The lowest BCUT2D eigenvalue weighted by molar-refractivity contribution is -0.137. The fourth-order valence-corrected chi connectivity index (χ4v) is 2.41. The van der Waals surface area contributed by atoms with Crippen LogP contribution in [0.2, 0.25) is 0 Å². The van der Waals surface area contributed by atoms with Crippen molar-refractivity contribution in [3.05, 3.63) is 65.2 Å². The Hall–Kier alpha value is -2.58. The van der Waals surface area contributed by atoms with Crippen LogP contribution < -0.4 is 10.6 Å². The minimum Gasteiger partial charge on any atom is -0.379 e. The van der Waals surface area contributed by atoms with E-state index in [1.165, 1.54) is 12.1 Å². The first-order chi connectivity index (χ1) is 13.4. The largest absolute Gasteiger partial charge is 0.416 e. The zero-order valence-electron chi connectivity index (χ0n) is 15.5. The molecule has 2 rings (SSSR count). The highest BCUT2D eigenvalue weighted by Gasteiger charge is 2.30. The van der Waals surface area contributed by atoms with Crippen molar-refractivity contribution in [3.63, 3.8) is 0 Å². The summed E-state index contributed by atoms with van der Waals surface area (Å²) < 4.78 is 48.8. The molecule has 0 bridgehead atoms. The van der Waals surface area contributed by atoms with Gasteiger partial charge in [-0.1, -0.05) is 24.3 Å². The van der Waals surface area contributed by atoms with Crippen LogP contribution in [0, 0.1) is 0 Å². The Kier molecular flexibility index (Phi) is 8.28. The maximum atomic E-state index is 12.7. The Morgan fingerprint density at radius 1 is 1.00 bits per heavy atom. The van der Waals surface area contributed by atoms with Crippen molar-refractivity contribution in [2.75, 3.05) is 25.1 Å². The van der Waals surface area contributed by atoms with Crippen molar-refractivity contribution in [1.82, 2.24) is 5.32 Å². The maximum Gasteiger partial charge on any atom is 0.416 e. The number of anilines is 1. The number of carbonyl (C=O) groups excluding carboxylic acids is 1. The first kappa shape index (κ1) is 21.7. The van der Waals surface area contributed by atoms with E-state index in [1.54, 1.807) is 18.2 Å². The molecule has 0 aromatic heterocycles. The van der Waals surface area contributed by atoms with Gasteiger partial charge >= 0.3 is 12.2 Å². The minimum absolute atomic E-state index is 0.0179. The van der Waals surface area contributed by atoms with Crippen LogP contribution in [0.4, 0.5) is 23.7 Å². The molecule has 0 unspecified atom stereocenters. The molecule has 0 atom stereocenters. The van der Waals surface area contributed by atoms with Crippen LogP contribution in [0.3, 0.4) is 0 Å². The topological polar surface area (TPSA) is 59.6 Å². The summed E-state index contributed by atoms with van der Waals surface area (Å²) in [7, 11) is 0. The molecular formula is C20H23F3N2O3. The normalized spacial score (nSPS) is 11.3. The first-order valence-corrected chi connectivity index (χ1v) is 8.84. The average Bonchev–Trinajstić information content (AvgIpc) is 2.66. The zero-order valence-corrected chi connectivity index (χ0v) is 15.5. The Morgan fingerprint density at radius 3 is 2.46 bits per heavy atom. The molecule has 0 saturated heterocycles. The number of halogens is 3. The predicted molar refractivity (Wildman–Crippen MR) is 99.9 cm³/mol. The molecule has 28 heavy (non-hydrogen) atoms. The van der Waals surface area contributed by atoms with Crippen LogP contribution in [0.5, 0.6) is 0 Å². The Labute approximate surface area is 161 Å². The van der Waals surface area contributed by atoms with Gasteiger partial charge in [-0.3, -0.25) is 0 Å². The Balaban J connectivity index is 1.82. The fourth-order valence-electron chi connectivity index (χ4n) is 2.41. The third-order valence-corrected chi connectivity index (χ3v) is 3.74. The second-order valence-electron chi connectivity index (χ2n) is 5.96. The maximum absolute atomic E-state index is 12.7. The number of ether oxygens (including phenoxy) is 2. The molecule has 0 aliphatic heterocycles. The van der Waals surface area contributed by atoms with Gasteiger partial charge in [0, 0.05) is 18.8 Å². The number of alkyl halides is 3. The van der Waals surface area contributed by atoms with E-state index in [0.29, 0.717) is 37.7 Å². The Bertz CT molecular complexity index is 766. The Morgan fingerprint density at radius 2 is 1.71 bits per heavy atom. The number of rotatable bonds is 9. The van der Waals surface area contributed by atoms with Crippen molar-refractivity contribution in [2.45, 2.75) is 26.3 Å². The van der Waals surface area contributed by atoms with E-state index in [2.05, 4.69) is 10.6 Å². The molecule has 152 valence electrons. The van der Waals surface area contributed by atoms with Gasteiger partial charge in [-0.15, -0.1) is 0 Å². The van der Waals surface area contributed by atoms with Gasteiger partial charge in [0.2, 0.25) is 0 Å². The van der Waals surface area contributed by atoms with Gasteiger partial charge in [0.1, 0.15) is 0 Å². The number of hydrogen-bond acceptors (Lipinski definition) is 3. The molecule has 0 saturated carbocycles. The number of nitrogens with one attached hydrogen (secondary N) is 2. The average molecular weight is 396 g/mol. The summed E-state index contributed by atoms with van der Waals surface area (Å²) in [4.78, 5) is 12.0. The highest BCUT2D eigenvalue weighted by molar-refractivity contribution is 5.89.